The number of hydrogen-bond donors (Lipinski definition) is 1. The van der Waals surface area contributed by atoms with Crippen LogP contribution in [0.2, 0.25) is 0 Å². The molecule has 4 aromatic carbocycles. The summed E-state index contributed by atoms with van der Waals surface area (Å²) < 4.78 is 2.32. The molecule has 6 aromatic rings. The Morgan fingerprint density at radius 1 is 0.848 bits per heavy atom. The molecule has 0 aliphatic carbocycles. The Bertz CT molecular complexity index is 1680. The normalized spacial score (nSPS) is 11.5. The lowest BCUT2D eigenvalue weighted by molar-refractivity contribution is 0.100. The summed E-state index contributed by atoms with van der Waals surface area (Å²) in [5, 5.41) is 6.60. The van der Waals surface area contributed by atoms with Gasteiger partial charge in [-0.1, -0.05) is 60.7 Å². The zero-order chi connectivity index (χ0) is 22.5. The summed E-state index contributed by atoms with van der Waals surface area (Å²) >= 11 is 1.73. The molecule has 6 rings (SSSR count). The van der Waals surface area contributed by atoms with Crippen molar-refractivity contribution in [3.05, 3.63) is 107 Å². The summed E-state index contributed by atoms with van der Waals surface area (Å²) in [6, 6.07) is 29.5. The summed E-state index contributed by atoms with van der Waals surface area (Å²) in [7, 11) is 0. The predicted molar refractivity (Wildman–Crippen MR) is 139 cm³/mol. The Morgan fingerprint density at radius 3 is 2.48 bits per heavy atom. The lowest BCUT2D eigenvalue weighted by Crippen LogP contribution is -2.11. The van der Waals surface area contributed by atoms with Crippen LogP contribution in [0.25, 0.3) is 43.0 Å². The topological polar surface area (TPSA) is 48.0 Å². The van der Waals surface area contributed by atoms with Gasteiger partial charge < -0.3 is 10.3 Å². The van der Waals surface area contributed by atoms with Crippen LogP contribution in [-0.2, 0) is 6.54 Å². The van der Waals surface area contributed by atoms with E-state index in [1.165, 1.54) is 32.3 Å². The van der Waals surface area contributed by atoms with Crippen molar-refractivity contribution in [2.75, 3.05) is 0 Å². The van der Waals surface area contributed by atoms with Crippen molar-refractivity contribution in [2.24, 2.45) is 5.73 Å². The molecular formula is C29H22N2OS. The summed E-state index contributed by atoms with van der Waals surface area (Å²) in [4.78, 5) is 13.5. The first-order valence-corrected chi connectivity index (χ1v) is 11.9. The third kappa shape index (κ3) is 3.14. The monoisotopic (exact) mass is 446 g/mol. The first-order chi connectivity index (χ1) is 16.1. The fourth-order valence-corrected chi connectivity index (χ4v) is 5.66. The van der Waals surface area contributed by atoms with E-state index in [-0.39, 0.29) is 0 Å². The molecule has 0 unspecified atom stereocenters. The van der Waals surface area contributed by atoms with Crippen LogP contribution in [-0.4, -0.2) is 10.5 Å². The molecule has 0 spiro atoms. The molecule has 1 amide bonds. The van der Waals surface area contributed by atoms with Gasteiger partial charge in [-0.2, -0.15) is 0 Å². The highest BCUT2D eigenvalue weighted by molar-refractivity contribution is 7.13. The van der Waals surface area contributed by atoms with Gasteiger partial charge in [-0.05, 0) is 64.0 Å². The molecule has 4 heteroatoms. The van der Waals surface area contributed by atoms with E-state index in [0.717, 1.165) is 21.8 Å². The van der Waals surface area contributed by atoms with Crippen LogP contribution in [0.3, 0.4) is 0 Å². The maximum atomic E-state index is 12.3. The average Bonchev–Trinajstić information content (AvgIpc) is 3.48. The van der Waals surface area contributed by atoms with Gasteiger partial charge in [0, 0.05) is 27.8 Å². The minimum Gasteiger partial charge on any atom is -0.366 e. The number of aryl methyl sites for hydroxylation is 1. The summed E-state index contributed by atoms with van der Waals surface area (Å²) in [5.74, 6) is -0.400. The Kier molecular flexibility index (Phi) is 4.56. The molecule has 2 N–H and O–H groups in total. The molecule has 0 bridgehead atoms. The number of nitrogens with two attached hydrogens (primary N) is 1. The van der Waals surface area contributed by atoms with Crippen LogP contribution in [0.4, 0.5) is 0 Å². The average molecular weight is 447 g/mol. The fourth-order valence-electron chi connectivity index (χ4n) is 4.94. The van der Waals surface area contributed by atoms with Gasteiger partial charge in [-0.15, -0.1) is 11.3 Å². The highest BCUT2D eigenvalue weighted by Gasteiger charge is 2.18. The first-order valence-electron chi connectivity index (χ1n) is 11.0. The second-order valence-corrected chi connectivity index (χ2v) is 9.39. The maximum Gasteiger partial charge on any atom is 0.249 e. The smallest absolute Gasteiger partial charge is 0.249 e. The SMILES string of the molecule is Cc1ccc(Cn2c3cc(-c4cccs4)ccc3c3c(C(N)=O)cccc32)c2ccccc12. The maximum absolute atomic E-state index is 12.3. The van der Waals surface area contributed by atoms with E-state index in [4.69, 9.17) is 5.73 Å². The molecule has 0 saturated heterocycles. The lowest BCUT2D eigenvalue weighted by Gasteiger charge is -2.13. The number of amides is 1. The van der Waals surface area contributed by atoms with Gasteiger partial charge in [0.2, 0.25) is 5.91 Å². The lowest BCUT2D eigenvalue weighted by atomic mass is 10.0. The van der Waals surface area contributed by atoms with Crippen LogP contribution in [0, 0.1) is 6.92 Å². The Hall–Kier alpha value is -3.89. The van der Waals surface area contributed by atoms with Crippen molar-refractivity contribution >= 4 is 49.8 Å². The van der Waals surface area contributed by atoms with E-state index < -0.39 is 5.91 Å². The first kappa shape index (κ1) is 19.8. The zero-order valence-electron chi connectivity index (χ0n) is 18.2. The minimum atomic E-state index is -0.400. The molecule has 0 saturated carbocycles. The Morgan fingerprint density at radius 2 is 1.70 bits per heavy atom. The molecule has 0 aliphatic rings. The summed E-state index contributed by atoms with van der Waals surface area (Å²) in [6.45, 7) is 2.86. The van der Waals surface area contributed by atoms with E-state index in [9.17, 15) is 4.79 Å². The van der Waals surface area contributed by atoms with E-state index in [0.29, 0.717) is 12.1 Å². The molecule has 0 atom stereocenters. The molecule has 160 valence electrons. The van der Waals surface area contributed by atoms with Crippen LogP contribution in [0.15, 0.2) is 90.3 Å². The van der Waals surface area contributed by atoms with E-state index in [2.05, 4.69) is 89.7 Å². The van der Waals surface area contributed by atoms with Crippen molar-refractivity contribution in [1.29, 1.82) is 0 Å². The van der Waals surface area contributed by atoms with Crippen molar-refractivity contribution in [3.8, 4) is 10.4 Å². The minimum absolute atomic E-state index is 0.400. The molecule has 33 heavy (non-hydrogen) atoms. The quantitative estimate of drug-likeness (QED) is 0.308. The fraction of sp³-hybridized carbons (Fsp3) is 0.0690. The van der Waals surface area contributed by atoms with Gasteiger partial charge in [0.15, 0.2) is 0 Å². The third-order valence-corrected chi connectivity index (χ3v) is 7.44. The number of carbonyl (C=O) groups excluding carboxylic acids is 1. The van der Waals surface area contributed by atoms with Gasteiger partial charge in [0.1, 0.15) is 0 Å². The number of rotatable bonds is 4. The van der Waals surface area contributed by atoms with Crippen molar-refractivity contribution < 1.29 is 4.79 Å². The Balaban J connectivity index is 1.66. The molecule has 0 aliphatic heterocycles. The molecular weight excluding hydrogens is 424 g/mol. The van der Waals surface area contributed by atoms with Crippen LogP contribution < -0.4 is 5.73 Å². The Labute approximate surface area is 195 Å². The molecule has 2 aromatic heterocycles. The van der Waals surface area contributed by atoms with Crippen LogP contribution in [0.1, 0.15) is 21.5 Å². The number of aromatic nitrogens is 1. The number of nitrogens with zero attached hydrogens (tertiary/aromatic N) is 1. The van der Waals surface area contributed by atoms with Crippen LogP contribution >= 0.6 is 11.3 Å². The van der Waals surface area contributed by atoms with E-state index in [1.54, 1.807) is 11.3 Å². The predicted octanol–water partition coefficient (Wildman–Crippen LogP) is 7.13. The summed E-state index contributed by atoms with van der Waals surface area (Å²) in [6.07, 6.45) is 0. The second-order valence-electron chi connectivity index (χ2n) is 8.45. The highest BCUT2D eigenvalue weighted by atomic mass is 32.1. The molecule has 3 nitrogen and oxygen atoms in total. The standard InChI is InChI=1S/C29H22N2OS/c1-18-11-12-20(22-7-3-2-6-21(18)22)17-31-25-9-4-8-24(29(30)32)28(25)23-14-13-19(16-26(23)31)27-10-5-15-33-27/h2-16H,17H2,1H3,(H2,30,32). The number of carbonyl (C=O) groups is 1. The van der Waals surface area contributed by atoms with Crippen molar-refractivity contribution in [3.63, 3.8) is 0 Å². The largest absolute Gasteiger partial charge is 0.366 e. The van der Waals surface area contributed by atoms with Gasteiger partial charge in [0.05, 0.1) is 11.0 Å². The second kappa shape index (κ2) is 7.61. The van der Waals surface area contributed by atoms with Crippen LogP contribution in [0.5, 0.6) is 0 Å². The number of primary amides is 1. The van der Waals surface area contributed by atoms with E-state index in [1.807, 2.05) is 12.1 Å². The van der Waals surface area contributed by atoms with Gasteiger partial charge >= 0.3 is 0 Å². The number of thiophene rings is 1. The highest BCUT2D eigenvalue weighted by Crippen LogP contribution is 2.36. The summed E-state index contributed by atoms with van der Waals surface area (Å²) in [5.41, 5.74) is 12.2. The number of benzene rings is 4. The van der Waals surface area contributed by atoms with E-state index >= 15 is 0 Å². The number of fused-ring (bicyclic) bond motifs is 4. The van der Waals surface area contributed by atoms with Crippen molar-refractivity contribution in [1.82, 2.24) is 4.57 Å². The third-order valence-electron chi connectivity index (χ3n) is 6.52. The molecule has 0 radical (unpaired) electrons. The van der Waals surface area contributed by atoms with Gasteiger partial charge in [0.25, 0.3) is 0 Å². The van der Waals surface area contributed by atoms with Gasteiger partial charge in [-0.25, -0.2) is 0 Å². The number of hydrogen-bond acceptors (Lipinski definition) is 2. The molecule has 2 heterocycles. The van der Waals surface area contributed by atoms with Gasteiger partial charge in [-0.3, -0.25) is 4.79 Å². The van der Waals surface area contributed by atoms with Crippen molar-refractivity contribution in [2.45, 2.75) is 13.5 Å². The zero-order valence-corrected chi connectivity index (χ0v) is 19.0. The molecule has 0 fully saturated rings.